The number of anilines is 3. The number of carbonyl (C=O) groups is 3. The molecular weight excluding hydrogens is 428 g/mol. The Morgan fingerprint density at radius 2 is 1.88 bits per heavy atom. The molecule has 2 heterocycles. The number of esters is 1. The van der Waals surface area contributed by atoms with Crippen LogP contribution in [0.25, 0.3) is 0 Å². The predicted octanol–water partition coefficient (Wildman–Crippen LogP) is 4.26. The van der Waals surface area contributed by atoms with Crippen LogP contribution in [0, 0.1) is 0 Å². The Kier molecular flexibility index (Phi) is 6.37. The van der Waals surface area contributed by atoms with Crippen molar-refractivity contribution in [2.45, 2.75) is 5.03 Å². The molecule has 0 unspecified atom stereocenters. The molecule has 162 valence electrons. The standard InChI is InChI=1S/C23H20N4O4S/c1-31-22(29)17-8-2-3-9-18(17)26-20(28)15-6-4-7-16(14-15)25-23(30)27-12-13-32-21-19(27)10-5-11-24-21/h2-11,14H,12-13H2,1H3,(H,25,30)(H,26,28). The van der Waals surface area contributed by atoms with Crippen LogP contribution in [0.1, 0.15) is 20.7 Å². The number of carbonyl (C=O) groups excluding carboxylic acids is 3. The van der Waals surface area contributed by atoms with Gasteiger partial charge < -0.3 is 15.4 Å². The van der Waals surface area contributed by atoms with Crippen molar-refractivity contribution in [3.8, 4) is 0 Å². The number of amides is 3. The van der Waals surface area contributed by atoms with Crippen LogP contribution in [0.4, 0.5) is 21.9 Å². The second-order valence-corrected chi connectivity index (χ2v) is 7.91. The van der Waals surface area contributed by atoms with Gasteiger partial charge in [-0.1, -0.05) is 18.2 Å². The van der Waals surface area contributed by atoms with E-state index in [1.165, 1.54) is 7.11 Å². The van der Waals surface area contributed by atoms with E-state index < -0.39 is 11.9 Å². The van der Waals surface area contributed by atoms with Crippen molar-refractivity contribution < 1.29 is 19.1 Å². The molecule has 3 amide bonds. The van der Waals surface area contributed by atoms with E-state index >= 15 is 0 Å². The van der Waals surface area contributed by atoms with Crippen LogP contribution in [-0.2, 0) is 4.74 Å². The smallest absolute Gasteiger partial charge is 0.339 e. The monoisotopic (exact) mass is 448 g/mol. The van der Waals surface area contributed by atoms with Crippen molar-refractivity contribution in [2.75, 3.05) is 34.9 Å². The molecule has 0 fully saturated rings. The number of ether oxygens (including phenoxy) is 1. The van der Waals surface area contributed by atoms with Gasteiger partial charge in [0.1, 0.15) is 5.03 Å². The fourth-order valence-corrected chi connectivity index (χ4v) is 4.20. The maximum Gasteiger partial charge on any atom is 0.339 e. The topological polar surface area (TPSA) is 101 Å². The molecule has 0 radical (unpaired) electrons. The largest absolute Gasteiger partial charge is 0.465 e. The molecule has 32 heavy (non-hydrogen) atoms. The first-order valence-corrected chi connectivity index (χ1v) is 10.8. The average Bonchev–Trinajstić information content (AvgIpc) is 2.83. The summed E-state index contributed by atoms with van der Waals surface area (Å²) in [5.41, 5.74) is 2.16. The fourth-order valence-electron chi connectivity index (χ4n) is 3.27. The van der Waals surface area contributed by atoms with Gasteiger partial charge in [-0.05, 0) is 42.5 Å². The van der Waals surface area contributed by atoms with Gasteiger partial charge in [-0.3, -0.25) is 9.69 Å². The van der Waals surface area contributed by atoms with E-state index in [9.17, 15) is 14.4 Å². The number of nitrogens with zero attached hydrogens (tertiary/aromatic N) is 2. The minimum atomic E-state index is -0.545. The molecule has 0 spiro atoms. The highest BCUT2D eigenvalue weighted by molar-refractivity contribution is 7.99. The maximum atomic E-state index is 12.9. The second-order valence-electron chi connectivity index (χ2n) is 6.83. The zero-order valence-electron chi connectivity index (χ0n) is 17.2. The maximum absolute atomic E-state index is 12.9. The van der Waals surface area contributed by atoms with E-state index in [1.807, 2.05) is 6.07 Å². The average molecular weight is 449 g/mol. The normalized spacial score (nSPS) is 12.5. The molecule has 0 aliphatic carbocycles. The van der Waals surface area contributed by atoms with E-state index in [-0.39, 0.29) is 11.6 Å². The lowest BCUT2D eigenvalue weighted by atomic mass is 10.1. The summed E-state index contributed by atoms with van der Waals surface area (Å²) in [4.78, 5) is 43.6. The number of aromatic nitrogens is 1. The lowest BCUT2D eigenvalue weighted by Crippen LogP contribution is -2.38. The van der Waals surface area contributed by atoms with Crippen molar-refractivity contribution in [3.05, 3.63) is 78.0 Å². The van der Waals surface area contributed by atoms with Crippen LogP contribution in [0.5, 0.6) is 0 Å². The van der Waals surface area contributed by atoms with E-state index in [4.69, 9.17) is 4.74 Å². The number of thioether (sulfide) groups is 1. The summed E-state index contributed by atoms with van der Waals surface area (Å²) < 4.78 is 4.76. The van der Waals surface area contributed by atoms with E-state index in [0.717, 1.165) is 16.5 Å². The first-order valence-electron chi connectivity index (χ1n) is 9.82. The fraction of sp³-hybridized carbons (Fsp3) is 0.130. The highest BCUT2D eigenvalue weighted by Crippen LogP contribution is 2.32. The first-order chi connectivity index (χ1) is 15.6. The lowest BCUT2D eigenvalue weighted by Gasteiger charge is -2.28. The summed E-state index contributed by atoms with van der Waals surface area (Å²) in [5, 5.41) is 6.38. The van der Waals surface area contributed by atoms with E-state index in [2.05, 4.69) is 15.6 Å². The Morgan fingerprint density at radius 3 is 2.72 bits per heavy atom. The molecule has 1 aliphatic heterocycles. The number of methoxy groups -OCH3 is 1. The van der Waals surface area contributed by atoms with Crippen LogP contribution < -0.4 is 15.5 Å². The Bertz CT molecular complexity index is 1180. The number of hydrogen-bond donors (Lipinski definition) is 2. The quantitative estimate of drug-likeness (QED) is 0.579. The molecule has 0 atom stereocenters. The summed E-state index contributed by atoms with van der Waals surface area (Å²) in [6.07, 6.45) is 1.70. The van der Waals surface area contributed by atoms with Gasteiger partial charge >= 0.3 is 12.0 Å². The number of nitrogens with one attached hydrogen (secondary N) is 2. The number of benzene rings is 2. The lowest BCUT2D eigenvalue weighted by molar-refractivity contribution is 0.0602. The van der Waals surface area contributed by atoms with Gasteiger partial charge in [0.15, 0.2) is 0 Å². The first kappa shape index (κ1) is 21.4. The van der Waals surface area contributed by atoms with Crippen LogP contribution in [0.3, 0.4) is 0 Å². The van der Waals surface area contributed by atoms with Crippen molar-refractivity contribution in [3.63, 3.8) is 0 Å². The Morgan fingerprint density at radius 1 is 1.03 bits per heavy atom. The molecule has 4 rings (SSSR count). The van der Waals surface area contributed by atoms with Crippen LogP contribution >= 0.6 is 11.8 Å². The van der Waals surface area contributed by atoms with Gasteiger partial charge in [-0.2, -0.15) is 0 Å². The molecule has 2 N–H and O–H groups in total. The van der Waals surface area contributed by atoms with Crippen LogP contribution in [0.15, 0.2) is 71.9 Å². The molecule has 1 aliphatic rings. The number of para-hydroxylation sites is 1. The Hall–Kier alpha value is -3.85. The predicted molar refractivity (Wildman–Crippen MR) is 124 cm³/mol. The molecule has 8 nitrogen and oxygen atoms in total. The minimum Gasteiger partial charge on any atom is -0.465 e. The number of pyridine rings is 1. The van der Waals surface area contributed by atoms with Gasteiger partial charge in [0.2, 0.25) is 0 Å². The highest BCUT2D eigenvalue weighted by Gasteiger charge is 2.24. The van der Waals surface area contributed by atoms with E-state index in [1.54, 1.807) is 77.5 Å². The molecular formula is C23H20N4O4S. The molecule has 3 aromatic rings. The molecule has 0 bridgehead atoms. The minimum absolute atomic E-state index is 0.253. The summed E-state index contributed by atoms with van der Waals surface area (Å²) in [6.45, 7) is 0.555. The zero-order chi connectivity index (χ0) is 22.5. The summed E-state index contributed by atoms with van der Waals surface area (Å²) in [7, 11) is 1.28. The third-order valence-electron chi connectivity index (χ3n) is 4.80. The van der Waals surface area contributed by atoms with Crippen molar-refractivity contribution in [1.82, 2.24) is 4.98 Å². The molecule has 9 heteroatoms. The number of hydrogen-bond acceptors (Lipinski definition) is 6. The molecule has 1 aromatic heterocycles. The van der Waals surface area contributed by atoms with Crippen molar-refractivity contribution in [2.24, 2.45) is 0 Å². The van der Waals surface area contributed by atoms with Crippen LogP contribution in [0.2, 0.25) is 0 Å². The molecule has 0 saturated heterocycles. The van der Waals surface area contributed by atoms with Gasteiger partial charge in [-0.15, -0.1) is 11.8 Å². The third-order valence-corrected chi connectivity index (χ3v) is 5.77. The van der Waals surface area contributed by atoms with Crippen molar-refractivity contribution >= 4 is 46.7 Å². The number of rotatable bonds is 4. The SMILES string of the molecule is COC(=O)c1ccccc1NC(=O)c1cccc(NC(=O)N2CCSc3ncccc32)c1. The zero-order valence-corrected chi connectivity index (χ0v) is 18.0. The summed E-state index contributed by atoms with van der Waals surface area (Å²) >= 11 is 1.61. The number of urea groups is 1. The van der Waals surface area contributed by atoms with Gasteiger partial charge in [0.25, 0.3) is 5.91 Å². The molecule has 0 saturated carbocycles. The third kappa shape index (κ3) is 4.57. The Balaban J connectivity index is 1.49. The van der Waals surface area contributed by atoms with Gasteiger partial charge in [-0.25, -0.2) is 14.6 Å². The number of fused-ring (bicyclic) bond motifs is 1. The van der Waals surface area contributed by atoms with E-state index in [0.29, 0.717) is 23.5 Å². The highest BCUT2D eigenvalue weighted by atomic mass is 32.2. The second kappa shape index (κ2) is 9.52. The summed E-state index contributed by atoms with van der Waals surface area (Å²) in [6, 6.07) is 16.5. The Labute approximate surface area is 189 Å². The van der Waals surface area contributed by atoms with Gasteiger partial charge in [0.05, 0.1) is 24.0 Å². The van der Waals surface area contributed by atoms with Gasteiger partial charge in [0, 0.05) is 29.7 Å². The van der Waals surface area contributed by atoms with Crippen LogP contribution in [-0.4, -0.2) is 42.3 Å². The summed E-state index contributed by atoms with van der Waals surface area (Å²) in [5.74, 6) is -0.211. The molecule has 2 aromatic carbocycles. The van der Waals surface area contributed by atoms with Crippen molar-refractivity contribution in [1.29, 1.82) is 0 Å².